The first kappa shape index (κ1) is 16.4. The Bertz CT molecular complexity index is 1150. The number of aromatic nitrogens is 3. The fraction of sp³-hybridized carbons (Fsp3) is 0.235. The minimum Gasteiger partial charge on any atom is -0.369 e. The Labute approximate surface area is 155 Å². The molecule has 0 unspecified atom stereocenters. The van der Waals surface area contributed by atoms with E-state index in [1.165, 1.54) is 0 Å². The van der Waals surface area contributed by atoms with E-state index >= 15 is 0 Å². The van der Waals surface area contributed by atoms with Crippen molar-refractivity contribution in [1.82, 2.24) is 19.4 Å². The molecule has 1 N–H and O–H groups in total. The molecular formula is C17H16N5O4S+. The fourth-order valence-electron chi connectivity index (χ4n) is 3.55. The third-order valence-corrected chi connectivity index (χ3v) is 7.17. The van der Waals surface area contributed by atoms with E-state index in [1.54, 1.807) is 24.7 Å². The number of carbonyl (C=O) groups excluding carboxylic acids is 1. The predicted octanol–water partition coefficient (Wildman–Crippen LogP) is 1.09. The summed E-state index contributed by atoms with van der Waals surface area (Å²) < 4.78 is 30.7. The van der Waals surface area contributed by atoms with Crippen LogP contribution in [-0.2, 0) is 14.9 Å². The van der Waals surface area contributed by atoms with Crippen molar-refractivity contribution in [2.24, 2.45) is 0 Å². The number of hydrogen-bond donors (Lipinski definition) is 1. The van der Waals surface area contributed by atoms with Gasteiger partial charge in [0.15, 0.2) is 0 Å². The molecule has 0 aliphatic carbocycles. The first-order valence-electron chi connectivity index (χ1n) is 8.47. The average molecular weight is 386 g/mol. The van der Waals surface area contributed by atoms with E-state index < -0.39 is 16.1 Å². The number of benzene rings is 1. The third-order valence-electron chi connectivity index (χ3n) is 5.01. The Morgan fingerprint density at radius 2 is 2.00 bits per heavy atom. The molecule has 9 nitrogen and oxygen atoms in total. The van der Waals surface area contributed by atoms with Crippen LogP contribution >= 0.6 is 0 Å². The van der Waals surface area contributed by atoms with Crippen LogP contribution in [0.5, 0.6) is 0 Å². The smallest absolute Gasteiger partial charge is 0.369 e. The van der Waals surface area contributed by atoms with Crippen molar-refractivity contribution in [3.8, 4) is 11.3 Å². The lowest BCUT2D eigenvalue weighted by atomic mass is 10.1. The van der Waals surface area contributed by atoms with Crippen LogP contribution in [0, 0.1) is 0 Å². The van der Waals surface area contributed by atoms with Gasteiger partial charge in [0.2, 0.25) is 0 Å². The van der Waals surface area contributed by atoms with Gasteiger partial charge in [0, 0.05) is 28.9 Å². The monoisotopic (exact) mass is 386 g/mol. The molecule has 2 aliphatic rings. The van der Waals surface area contributed by atoms with E-state index in [-0.39, 0.29) is 22.8 Å². The summed E-state index contributed by atoms with van der Waals surface area (Å²) >= 11 is 0. The van der Waals surface area contributed by atoms with Crippen molar-refractivity contribution in [2.75, 3.05) is 26.3 Å². The largest absolute Gasteiger partial charge is 0.467 e. The van der Waals surface area contributed by atoms with Crippen LogP contribution in [0.25, 0.3) is 22.2 Å². The topological polar surface area (TPSA) is 105 Å². The summed E-state index contributed by atoms with van der Waals surface area (Å²) in [5, 5.41) is 0.800. The van der Waals surface area contributed by atoms with E-state index in [9.17, 15) is 13.2 Å². The number of carbonyl (C=O) groups is 1. The highest BCUT2D eigenvalue weighted by molar-refractivity contribution is 7.88. The highest BCUT2D eigenvalue weighted by Crippen LogP contribution is 2.43. The minimum atomic E-state index is -3.65. The van der Waals surface area contributed by atoms with Gasteiger partial charge in [0.1, 0.15) is 18.8 Å². The average Bonchev–Trinajstić information content (AvgIpc) is 2.99. The second-order valence-electron chi connectivity index (χ2n) is 6.51. The molecule has 0 atom stereocenters. The molecule has 10 heteroatoms. The molecule has 2 aliphatic heterocycles. The second kappa shape index (κ2) is 5.59. The highest BCUT2D eigenvalue weighted by Gasteiger charge is 2.76. The number of rotatable bonds is 2. The van der Waals surface area contributed by atoms with Gasteiger partial charge in [0.25, 0.3) is 0 Å². The number of amides is 1. The number of ether oxygens (including phenoxy) is 1. The Morgan fingerprint density at radius 3 is 2.74 bits per heavy atom. The lowest BCUT2D eigenvalue weighted by Crippen LogP contribution is -2.43. The minimum absolute atomic E-state index is 0.242. The number of nitrogens with zero attached hydrogens (tertiary/aromatic N) is 4. The highest BCUT2D eigenvalue weighted by atomic mass is 32.2. The van der Waals surface area contributed by atoms with Crippen LogP contribution in [0.15, 0.2) is 42.9 Å². The van der Waals surface area contributed by atoms with Crippen molar-refractivity contribution < 1.29 is 21.9 Å². The number of nitrogens with one attached hydrogen (secondary N) is 1. The zero-order chi connectivity index (χ0) is 18.6. The Morgan fingerprint density at radius 1 is 1.19 bits per heavy atom. The number of quaternary nitrogens is 1. The van der Waals surface area contributed by atoms with Gasteiger partial charge >= 0.3 is 16.1 Å². The third kappa shape index (κ3) is 2.30. The quantitative estimate of drug-likeness (QED) is 0.522. The number of aromatic amines is 1. The van der Waals surface area contributed by atoms with Crippen molar-refractivity contribution in [2.45, 2.75) is 0 Å². The van der Waals surface area contributed by atoms with Gasteiger partial charge in [-0.25, -0.2) is 0 Å². The maximum absolute atomic E-state index is 12.9. The molecule has 27 heavy (non-hydrogen) atoms. The lowest BCUT2D eigenvalue weighted by molar-refractivity contribution is -0.823. The normalized spacial score (nSPS) is 20.1. The molecule has 0 radical (unpaired) electrons. The number of hydrogen-bond acceptors (Lipinski definition) is 6. The van der Waals surface area contributed by atoms with Crippen molar-refractivity contribution in [1.29, 1.82) is 0 Å². The summed E-state index contributed by atoms with van der Waals surface area (Å²) in [6, 6.07) is 7.28. The van der Waals surface area contributed by atoms with Crippen LogP contribution < -0.4 is 0 Å². The van der Waals surface area contributed by atoms with Crippen molar-refractivity contribution >= 4 is 27.0 Å². The van der Waals surface area contributed by atoms with Crippen LogP contribution in [-0.4, -0.2) is 64.0 Å². The van der Waals surface area contributed by atoms with Gasteiger partial charge in [-0.1, -0.05) is 10.1 Å². The SMILES string of the molecule is O=C(c1cc2cc(-c3cnccn3)ccc2[nH]1)N1[N+]2(CCOCC2)S1(=O)=O. The van der Waals surface area contributed by atoms with E-state index in [4.69, 9.17) is 4.74 Å². The molecule has 5 rings (SSSR count). The second-order valence-corrected chi connectivity index (χ2v) is 8.43. The van der Waals surface area contributed by atoms with Crippen LogP contribution in [0.4, 0.5) is 0 Å². The summed E-state index contributed by atoms with van der Waals surface area (Å²) in [4.78, 5) is 24.2. The van der Waals surface area contributed by atoms with E-state index in [0.717, 1.165) is 26.6 Å². The zero-order valence-corrected chi connectivity index (χ0v) is 15.0. The molecular weight excluding hydrogens is 370 g/mol. The molecule has 4 heterocycles. The van der Waals surface area contributed by atoms with Gasteiger partial charge in [-0.3, -0.25) is 14.8 Å². The van der Waals surface area contributed by atoms with Gasteiger partial charge in [-0.15, -0.1) is 8.42 Å². The molecule has 138 valence electrons. The van der Waals surface area contributed by atoms with E-state index in [2.05, 4.69) is 15.0 Å². The van der Waals surface area contributed by atoms with E-state index in [0.29, 0.717) is 13.2 Å². The molecule has 3 aromatic rings. The molecule has 0 saturated carbocycles. The summed E-state index contributed by atoms with van der Waals surface area (Å²) in [7, 11) is -3.65. The van der Waals surface area contributed by atoms with Gasteiger partial charge in [-0.05, 0) is 22.6 Å². The van der Waals surface area contributed by atoms with Gasteiger partial charge in [-0.2, -0.15) is 0 Å². The number of fused-ring (bicyclic) bond motifs is 1. The van der Waals surface area contributed by atoms with Crippen molar-refractivity contribution in [3.05, 3.63) is 48.5 Å². The molecule has 1 aromatic carbocycles. The van der Waals surface area contributed by atoms with Crippen molar-refractivity contribution in [3.63, 3.8) is 0 Å². The predicted molar refractivity (Wildman–Crippen MR) is 95.2 cm³/mol. The maximum Gasteiger partial charge on any atom is 0.467 e. The molecule has 1 spiro atoms. The van der Waals surface area contributed by atoms with Gasteiger partial charge < -0.3 is 9.72 Å². The number of morpholine rings is 1. The maximum atomic E-state index is 12.9. The standard InChI is InChI=1S/C17H15N5O4S/c23-17(21-22(27(21,24)25)5-7-26-8-6-22)15-10-13-9-12(1-2-14(13)20-15)16-11-18-3-4-19-16/h1-4,9-11H,5-8H2/p+1. The van der Waals surface area contributed by atoms with E-state index in [1.807, 2.05) is 18.2 Å². The van der Waals surface area contributed by atoms with Crippen LogP contribution in [0.2, 0.25) is 0 Å². The molecule has 2 fully saturated rings. The molecule has 2 aromatic heterocycles. The lowest BCUT2D eigenvalue weighted by Gasteiger charge is -2.17. The Kier molecular flexibility index (Phi) is 3.39. The number of H-pyrrole nitrogens is 1. The summed E-state index contributed by atoms with van der Waals surface area (Å²) in [6.45, 7) is 1.14. The Balaban J connectivity index is 1.50. The molecule has 0 bridgehead atoms. The molecule has 2 saturated heterocycles. The van der Waals surface area contributed by atoms with Crippen LogP contribution in [0.3, 0.4) is 0 Å². The summed E-state index contributed by atoms with van der Waals surface area (Å²) in [5.41, 5.74) is 2.58. The first-order chi connectivity index (χ1) is 13.0. The first-order valence-corrected chi connectivity index (χ1v) is 9.87. The summed E-state index contributed by atoms with van der Waals surface area (Å²) in [6.07, 6.45) is 4.88. The Hall–Kier alpha value is -2.82. The van der Waals surface area contributed by atoms with Crippen LogP contribution in [0.1, 0.15) is 10.5 Å². The zero-order valence-electron chi connectivity index (χ0n) is 14.2. The van der Waals surface area contributed by atoms with Gasteiger partial charge in [0.05, 0.1) is 25.1 Å². The fourth-order valence-corrected chi connectivity index (χ4v) is 5.44. The molecule has 1 amide bonds. The summed E-state index contributed by atoms with van der Waals surface area (Å²) in [5.74, 6) is -0.547.